The van der Waals surface area contributed by atoms with Crippen molar-refractivity contribution in [2.24, 2.45) is 0 Å². The summed E-state index contributed by atoms with van der Waals surface area (Å²) >= 11 is 0. The normalized spacial score (nSPS) is 13.2. The minimum atomic E-state index is -1.05. The number of benzene rings is 7. The molecule has 10 heteroatoms. The molecule has 0 saturated heterocycles. The van der Waals surface area contributed by atoms with Crippen LogP contribution in [0.3, 0.4) is 0 Å². The third kappa shape index (κ3) is 10.3. The van der Waals surface area contributed by atoms with Crippen molar-refractivity contribution < 1.29 is 9.90 Å². The van der Waals surface area contributed by atoms with E-state index in [0.717, 1.165) is 66.4 Å². The van der Waals surface area contributed by atoms with Crippen LogP contribution in [0.25, 0.3) is 123 Å². The van der Waals surface area contributed by atoms with Crippen LogP contribution in [0.5, 0.6) is 0 Å². The lowest BCUT2D eigenvalue weighted by Crippen LogP contribution is -2.16. The van der Waals surface area contributed by atoms with E-state index in [2.05, 4.69) is 244 Å². The Morgan fingerprint density at radius 3 is 1.07 bits per heavy atom. The highest BCUT2D eigenvalue weighted by Crippen LogP contribution is 2.47. The number of carboxylic acid groups (broad SMARTS) is 1. The van der Waals surface area contributed by atoms with Crippen LogP contribution in [0.2, 0.25) is 0 Å². The van der Waals surface area contributed by atoms with Crippen LogP contribution in [0.1, 0.15) is 168 Å². The van der Waals surface area contributed by atoms with Gasteiger partial charge in [-0.05, 0) is 117 Å². The van der Waals surface area contributed by atoms with Crippen molar-refractivity contribution in [3.8, 4) is 78.9 Å². The Morgan fingerprint density at radius 1 is 0.329 bits per heavy atom. The number of carbonyl (C=O) groups is 1. The number of carboxylic acids is 1. The number of aromatic nitrogens is 8. The van der Waals surface area contributed by atoms with Gasteiger partial charge in [-0.2, -0.15) is 0 Å². The maximum absolute atomic E-state index is 12.8. The van der Waals surface area contributed by atoms with Crippen LogP contribution in [0, 0.1) is 0 Å². The van der Waals surface area contributed by atoms with Gasteiger partial charge in [-0.3, -0.25) is 0 Å². The second kappa shape index (κ2) is 19.5. The standard InChI is InChI=1S/C75H78N8O2/c1-70(2,3)44-30-41(31-45(37-44)71(4,5)6)50-22-19-25-54-58(50)67-79-62(54)77-63-55-26-20-23-51(42-32-46(72(7,8)9)38-47(33-42)73(10,11)12)59(55)68(80-63)83-65-57-36-40(69(84)85)28-29-53(57)61(76-65)78-66-60-52(24-21-27-56(60)64(81-66)82-67)43-34-48(74(13,14)15)39-49(35-43)75(16,17)18/h19-39H,1-18H3,(H,84,85)(H2,76,77,78,79,80,81,82,83). The maximum atomic E-state index is 12.8. The molecular weight excluding hydrogens is 1040 g/mol. The molecule has 8 bridgehead atoms. The van der Waals surface area contributed by atoms with E-state index in [-0.39, 0.29) is 38.1 Å². The van der Waals surface area contributed by atoms with Gasteiger partial charge in [0.05, 0.1) is 5.56 Å². The molecule has 0 aliphatic carbocycles. The molecule has 0 unspecified atom stereocenters. The van der Waals surface area contributed by atoms with E-state index < -0.39 is 5.97 Å². The molecule has 2 aliphatic rings. The first kappa shape index (κ1) is 56.8. The van der Waals surface area contributed by atoms with Gasteiger partial charge in [0.25, 0.3) is 0 Å². The number of hydrogen-bond acceptors (Lipinski definition) is 7. The van der Waals surface area contributed by atoms with Crippen molar-refractivity contribution >= 4 is 50.1 Å². The second-order valence-corrected chi connectivity index (χ2v) is 29.8. The van der Waals surface area contributed by atoms with E-state index in [1.807, 2.05) is 6.07 Å². The summed E-state index contributed by atoms with van der Waals surface area (Å²) in [6.45, 7) is 40.7. The van der Waals surface area contributed by atoms with Gasteiger partial charge >= 0.3 is 5.97 Å². The number of aromatic amines is 2. The molecule has 0 atom stereocenters. The summed E-state index contributed by atoms with van der Waals surface area (Å²) in [5, 5.41) is 13.5. The predicted molar refractivity (Wildman–Crippen MR) is 352 cm³/mol. The highest BCUT2D eigenvalue weighted by Gasteiger charge is 2.31. The average Bonchev–Trinajstić information content (AvgIpc) is 1.73. The third-order valence-corrected chi connectivity index (χ3v) is 17.1. The fourth-order valence-electron chi connectivity index (χ4n) is 11.7. The molecule has 10 aromatic rings. The molecule has 0 amide bonds. The van der Waals surface area contributed by atoms with E-state index in [1.54, 1.807) is 12.1 Å². The van der Waals surface area contributed by atoms with E-state index >= 15 is 0 Å². The summed E-state index contributed by atoms with van der Waals surface area (Å²) in [5.74, 6) is 0.784. The first-order valence-corrected chi connectivity index (χ1v) is 29.8. The van der Waals surface area contributed by atoms with Crippen LogP contribution >= 0.6 is 0 Å². The summed E-state index contributed by atoms with van der Waals surface area (Å²) in [6.07, 6.45) is 0. The molecule has 5 heterocycles. The topological polar surface area (TPSA) is 146 Å². The Balaban J connectivity index is 1.26. The SMILES string of the molecule is CC(C)(C)c1cc(-c2cccc3c2-c2nc-3nc3[nH]c(nc4nc(nc5[nH]c(n2)c2cc(C(=O)O)ccc52)-c2c(-c5cc(C(C)(C)C)cc(C(C)(C)C)c5)cccc2-4)c2c(-c4cc(C(C)(C)C)cc(C(C)(C)C)c4)cccc32)cc(C(C)(C)C)c1. The number of fused-ring (bicyclic) bond motifs is 20. The van der Waals surface area contributed by atoms with Crippen molar-refractivity contribution in [1.29, 1.82) is 0 Å². The smallest absolute Gasteiger partial charge is 0.335 e. The first-order chi connectivity index (χ1) is 39.7. The van der Waals surface area contributed by atoms with Gasteiger partial charge in [0.15, 0.2) is 23.3 Å². The molecule has 0 fully saturated rings. The molecule has 10 nitrogen and oxygen atoms in total. The Labute approximate surface area is 499 Å². The summed E-state index contributed by atoms with van der Waals surface area (Å²) in [4.78, 5) is 53.4. The Hall–Kier alpha value is -8.63. The van der Waals surface area contributed by atoms with Crippen LogP contribution in [-0.2, 0) is 32.5 Å². The average molecular weight is 1120 g/mol. The van der Waals surface area contributed by atoms with E-state index in [0.29, 0.717) is 56.7 Å². The highest BCUT2D eigenvalue weighted by atomic mass is 16.4. The molecular formula is C75H78N8O2. The van der Waals surface area contributed by atoms with Crippen molar-refractivity contribution in [2.75, 3.05) is 0 Å². The van der Waals surface area contributed by atoms with Gasteiger partial charge in [0, 0.05) is 43.8 Å². The molecule has 0 saturated carbocycles. The van der Waals surface area contributed by atoms with Gasteiger partial charge in [0.2, 0.25) is 0 Å². The Morgan fingerprint density at radius 2 is 0.659 bits per heavy atom. The van der Waals surface area contributed by atoms with Gasteiger partial charge in [-0.25, -0.2) is 34.7 Å². The van der Waals surface area contributed by atoms with Crippen LogP contribution in [-0.4, -0.2) is 50.9 Å². The third-order valence-electron chi connectivity index (χ3n) is 17.1. The fraction of sp³-hybridized carbons (Fsp3) is 0.320. The minimum Gasteiger partial charge on any atom is -0.478 e. The molecule has 3 aromatic heterocycles. The van der Waals surface area contributed by atoms with E-state index in [1.165, 1.54) is 33.4 Å². The largest absolute Gasteiger partial charge is 0.478 e. The van der Waals surface area contributed by atoms with Gasteiger partial charge in [-0.1, -0.05) is 234 Å². The van der Waals surface area contributed by atoms with E-state index in [4.69, 9.17) is 29.9 Å². The fourth-order valence-corrected chi connectivity index (χ4v) is 11.7. The van der Waals surface area contributed by atoms with Crippen molar-refractivity contribution in [3.63, 3.8) is 0 Å². The Bertz CT molecular complexity index is 4530. The summed E-state index contributed by atoms with van der Waals surface area (Å²) in [6, 6.07) is 45.0. The summed E-state index contributed by atoms with van der Waals surface area (Å²) in [5.41, 5.74) is 18.0. The number of H-pyrrole nitrogens is 2. The van der Waals surface area contributed by atoms with E-state index in [9.17, 15) is 9.90 Å². The first-order valence-electron chi connectivity index (χ1n) is 29.8. The van der Waals surface area contributed by atoms with Crippen LogP contribution < -0.4 is 0 Å². The highest BCUT2D eigenvalue weighted by molar-refractivity contribution is 6.13. The molecule has 12 rings (SSSR count). The number of nitrogens with zero attached hydrogens (tertiary/aromatic N) is 6. The zero-order chi connectivity index (χ0) is 60.8. The lowest BCUT2D eigenvalue weighted by atomic mass is 9.78. The lowest BCUT2D eigenvalue weighted by molar-refractivity contribution is 0.0697. The molecule has 3 N–H and O–H groups in total. The molecule has 430 valence electrons. The number of nitrogens with one attached hydrogen (secondary N) is 2. The molecule has 0 spiro atoms. The number of aromatic carboxylic acids is 1. The predicted octanol–water partition coefficient (Wildman–Crippen LogP) is 19.4. The van der Waals surface area contributed by atoms with Crippen molar-refractivity contribution in [3.05, 3.63) is 166 Å². The molecule has 7 aromatic carbocycles. The molecule has 2 aliphatic heterocycles. The van der Waals surface area contributed by atoms with Crippen molar-refractivity contribution in [2.45, 2.75) is 157 Å². The lowest BCUT2D eigenvalue weighted by Gasteiger charge is -2.26. The van der Waals surface area contributed by atoms with Crippen molar-refractivity contribution in [1.82, 2.24) is 39.9 Å². The van der Waals surface area contributed by atoms with Gasteiger partial charge < -0.3 is 15.1 Å². The maximum Gasteiger partial charge on any atom is 0.335 e. The number of hydrogen-bond donors (Lipinski definition) is 3. The quantitative estimate of drug-likeness (QED) is 0.158. The van der Waals surface area contributed by atoms with Crippen LogP contribution in [0.15, 0.2) is 127 Å². The molecule has 0 radical (unpaired) electrons. The zero-order valence-corrected chi connectivity index (χ0v) is 52.7. The minimum absolute atomic E-state index is 0.118. The summed E-state index contributed by atoms with van der Waals surface area (Å²) < 4.78 is 0. The van der Waals surface area contributed by atoms with Gasteiger partial charge in [-0.15, -0.1) is 0 Å². The monoisotopic (exact) mass is 1120 g/mol. The Kier molecular flexibility index (Phi) is 13.0. The second-order valence-electron chi connectivity index (χ2n) is 29.8. The summed E-state index contributed by atoms with van der Waals surface area (Å²) in [7, 11) is 0. The van der Waals surface area contributed by atoms with Gasteiger partial charge in [0.1, 0.15) is 22.6 Å². The molecule has 85 heavy (non-hydrogen) atoms. The number of rotatable bonds is 4. The van der Waals surface area contributed by atoms with Crippen LogP contribution in [0.4, 0.5) is 0 Å². The zero-order valence-electron chi connectivity index (χ0n) is 52.7.